The van der Waals surface area contributed by atoms with Gasteiger partial charge < -0.3 is 14.4 Å². The largest absolute Gasteiger partial charge is 0.482 e. The van der Waals surface area contributed by atoms with Crippen LogP contribution in [0.25, 0.3) is 11.1 Å². The van der Waals surface area contributed by atoms with Gasteiger partial charge in [-0.3, -0.25) is 4.79 Å². The van der Waals surface area contributed by atoms with E-state index in [0.29, 0.717) is 24.4 Å². The van der Waals surface area contributed by atoms with E-state index in [-0.39, 0.29) is 18.3 Å². The molecule has 0 aliphatic heterocycles. The maximum absolute atomic E-state index is 13.8. The molecule has 5 nitrogen and oxygen atoms in total. The minimum absolute atomic E-state index is 0.0194. The normalized spacial score (nSPS) is 10.5. The molecular formula is C27H28FNO4. The number of anilines is 1. The second-order valence-corrected chi connectivity index (χ2v) is 7.65. The van der Waals surface area contributed by atoms with Crippen molar-refractivity contribution in [1.82, 2.24) is 0 Å². The van der Waals surface area contributed by atoms with E-state index in [1.54, 1.807) is 29.2 Å². The third-order valence-corrected chi connectivity index (χ3v) is 5.23. The lowest BCUT2D eigenvalue weighted by molar-refractivity contribution is -0.142. The molecule has 0 aromatic heterocycles. The molecule has 33 heavy (non-hydrogen) atoms. The number of methoxy groups -OCH3 is 1. The number of benzene rings is 3. The van der Waals surface area contributed by atoms with Crippen LogP contribution < -0.4 is 9.64 Å². The number of carbonyl (C=O) groups is 2. The summed E-state index contributed by atoms with van der Waals surface area (Å²) in [5.74, 6) is -0.239. The highest BCUT2D eigenvalue weighted by Gasteiger charge is 2.16. The van der Waals surface area contributed by atoms with E-state index in [9.17, 15) is 14.0 Å². The standard InChI is InChI=1S/C27H28FNO4/c1-3-4-8-26(30)29(24-7-5-6-23(28)17-24)18-20-9-11-21(12-10-20)22-13-15-25(16-14-22)33-19-27(31)32-2/h5-7,9-17H,3-4,8,18-19H2,1-2H3. The molecular weight excluding hydrogens is 421 g/mol. The molecule has 3 aromatic carbocycles. The summed E-state index contributed by atoms with van der Waals surface area (Å²) in [5, 5.41) is 0. The van der Waals surface area contributed by atoms with Crippen molar-refractivity contribution in [3.63, 3.8) is 0 Å². The maximum atomic E-state index is 13.8. The van der Waals surface area contributed by atoms with Crippen molar-refractivity contribution in [2.24, 2.45) is 0 Å². The van der Waals surface area contributed by atoms with E-state index in [2.05, 4.69) is 4.74 Å². The van der Waals surface area contributed by atoms with E-state index in [4.69, 9.17) is 4.74 Å². The Morgan fingerprint density at radius 1 is 0.939 bits per heavy atom. The van der Waals surface area contributed by atoms with Crippen molar-refractivity contribution < 1.29 is 23.5 Å². The van der Waals surface area contributed by atoms with Gasteiger partial charge in [-0.25, -0.2) is 9.18 Å². The highest BCUT2D eigenvalue weighted by atomic mass is 19.1. The molecule has 1 amide bonds. The summed E-state index contributed by atoms with van der Waals surface area (Å²) < 4.78 is 23.7. The van der Waals surface area contributed by atoms with Gasteiger partial charge in [0, 0.05) is 12.1 Å². The van der Waals surface area contributed by atoms with Gasteiger partial charge in [0.1, 0.15) is 11.6 Å². The van der Waals surface area contributed by atoms with Crippen LogP contribution in [0.15, 0.2) is 72.8 Å². The van der Waals surface area contributed by atoms with Gasteiger partial charge in [0.2, 0.25) is 5.91 Å². The van der Waals surface area contributed by atoms with Gasteiger partial charge >= 0.3 is 5.97 Å². The van der Waals surface area contributed by atoms with Crippen molar-refractivity contribution in [3.8, 4) is 16.9 Å². The van der Waals surface area contributed by atoms with Crippen LogP contribution in [0.5, 0.6) is 5.75 Å². The van der Waals surface area contributed by atoms with Crippen LogP contribution in [0.3, 0.4) is 0 Å². The Kier molecular flexibility index (Phi) is 8.58. The predicted molar refractivity (Wildman–Crippen MR) is 127 cm³/mol. The predicted octanol–water partition coefficient (Wildman–Crippen LogP) is 5.77. The van der Waals surface area contributed by atoms with Crippen LogP contribution in [0, 0.1) is 5.82 Å². The lowest BCUT2D eigenvalue weighted by Crippen LogP contribution is -2.30. The molecule has 6 heteroatoms. The number of ether oxygens (including phenoxy) is 2. The van der Waals surface area contributed by atoms with Gasteiger partial charge in [-0.2, -0.15) is 0 Å². The molecule has 0 saturated heterocycles. The number of nitrogens with zero attached hydrogens (tertiary/aromatic N) is 1. The first-order valence-corrected chi connectivity index (χ1v) is 10.9. The van der Waals surface area contributed by atoms with Gasteiger partial charge in [0.05, 0.1) is 13.7 Å². The lowest BCUT2D eigenvalue weighted by atomic mass is 10.0. The number of esters is 1. The molecule has 0 saturated carbocycles. The SMILES string of the molecule is CCCCC(=O)N(Cc1ccc(-c2ccc(OCC(=O)OC)cc2)cc1)c1cccc(F)c1. The minimum atomic E-state index is -0.435. The second-order valence-electron chi connectivity index (χ2n) is 7.65. The van der Waals surface area contributed by atoms with Gasteiger partial charge in [-0.05, 0) is 53.4 Å². The summed E-state index contributed by atoms with van der Waals surface area (Å²) in [4.78, 5) is 25.6. The number of hydrogen-bond donors (Lipinski definition) is 0. The summed E-state index contributed by atoms with van der Waals surface area (Å²) in [5.41, 5.74) is 3.51. The first-order valence-electron chi connectivity index (χ1n) is 10.9. The highest BCUT2D eigenvalue weighted by molar-refractivity contribution is 5.93. The van der Waals surface area contributed by atoms with Crippen molar-refractivity contribution in [1.29, 1.82) is 0 Å². The summed E-state index contributed by atoms with van der Waals surface area (Å²) in [6, 6.07) is 21.5. The van der Waals surface area contributed by atoms with E-state index in [0.717, 1.165) is 29.5 Å². The Morgan fingerprint density at radius 3 is 2.21 bits per heavy atom. The molecule has 0 aliphatic rings. The third kappa shape index (κ3) is 6.91. The van der Waals surface area contributed by atoms with Crippen molar-refractivity contribution in [3.05, 3.63) is 84.2 Å². The topological polar surface area (TPSA) is 55.8 Å². The molecule has 0 bridgehead atoms. The molecule has 172 valence electrons. The first kappa shape index (κ1) is 24.0. The molecule has 3 rings (SSSR count). The van der Waals surface area contributed by atoms with Crippen molar-refractivity contribution in [2.75, 3.05) is 18.6 Å². The monoisotopic (exact) mass is 449 g/mol. The molecule has 0 radical (unpaired) electrons. The number of carbonyl (C=O) groups excluding carboxylic acids is 2. The fourth-order valence-corrected chi connectivity index (χ4v) is 3.36. The van der Waals surface area contributed by atoms with Crippen LogP contribution in [0.4, 0.5) is 10.1 Å². The summed E-state index contributed by atoms with van der Waals surface area (Å²) in [7, 11) is 1.32. The van der Waals surface area contributed by atoms with Crippen LogP contribution in [-0.2, 0) is 20.9 Å². The number of unbranched alkanes of at least 4 members (excludes halogenated alkanes) is 1. The van der Waals surface area contributed by atoms with E-state index < -0.39 is 5.97 Å². The Labute approximate surface area is 193 Å². The summed E-state index contributed by atoms with van der Waals surface area (Å²) in [6.07, 6.45) is 2.14. The zero-order valence-electron chi connectivity index (χ0n) is 18.9. The van der Waals surface area contributed by atoms with Gasteiger partial charge in [-0.1, -0.05) is 55.8 Å². The fourth-order valence-electron chi connectivity index (χ4n) is 3.36. The quantitative estimate of drug-likeness (QED) is 0.369. The zero-order valence-corrected chi connectivity index (χ0v) is 18.9. The van der Waals surface area contributed by atoms with Crippen LogP contribution in [-0.4, -0.2) is 25.6 Å². The molecule has 3 aromatic rings. The highest BCUT2D eigenvalue weighted by Crippen LogP contribution is 2.25. The lowest BCUT2D eigenvalue weighted by Gasteiger charge is -2.23. The molecule has 0 atom stereocenters. The molecule has 0 N–H and O–H groups in total. The molecule has 0 fully saturated rings. The zero-order chi connectivity index (χ0) is 23.6. The summed E-state index contributed by atoms with van der Waals surface area (Å²) >= 11 is 0. The number of hydrogen-bond acceptors (Lipinski definition) is 4. The van der Waals surface area contributed by atoms with E-state index in [1.165, 1.54) is 19.2 Å². The van der Waals surface area contributed by atoms with Crippen LogP contribution >= 0.6 is 0 Å². The van der Waals surface area contributed by atoms with E-state index >= 15 is 0 Å². The van der Waals surface area contributed by atoms with Gasteiger partial charge in [-0.15, -0.1) is 0 Å². The third-order valence-electron chi connectivity index (χ3n) is 5.23. The second kappa shape index (κ2) is 11.8. The Balaban J connectivity index is 1.72. The smallest absolute Gasteiger partial charge is 0.343 e. The average Bonchev–Trinajstić information content (AvgIpc) is 2.85. The number of halogens is 1. The van der Waals surface area contributed by atoms with E-state index in [1.807, 2.05) is 43.3 Å². The van der Waals surface area contributed by atoms with Gasteiger partial charge in [0.15, 0.2) is 6.61 Å². The molecule has 0 unspecified atom stereocenters. The Hall–Kier alpha value is -3.67. The fraction of sp³-hybridized carbons (Fsp3) is 0.259. The summed E-state index contributed by atoms with van der Waals surface area (Å²) in [6.45, 7) is 2.27. The van der Waals surface area contributed by atoms with Crippen LogP contribution in [0.2, 0.25) is 0 Å². The number of amides is 1. The first-order chi connectivity index (χ1) is 16.0. The van der Waals surface area contributed by atoms with Crippen LogP contribution in [0.1, 0.15) is 31.7 Å². The average molecular weight is 450 g/mol. The minimum Gasteiger partial charge on any atom is -0.482 e. The van der Waals surface area contributed by atoms with Crippen molar-refractivity contribution in [2.45, 2.75) is 32.7 Å². The number of rotatable bonds is 10. The Bertz CT molecular complexity index is 1060. The van der Waals surface area contributed by atoms with Gasteiger partial charge in [0.25, 0.3) is 0 Å². The maximum Gasteiger partial charge on any atom is 0.343 e. The molecule has 0 aliphatic carbocycles. The Morgan fingerprint density at radius 2 is 1.61 bits per heavy atom. The molecule has 0 heterocycles. The molecule has 0 spiro atoms. The van der Waals surface area contributed by atoms with Crippen molar-refractivity contribution >= 4 is 17.6 Å².